The van der Waals surface area contributed by atoms with E-state index in [9.17, 15) is 14.4 Å². The number of nitrogen functional groups attached to an aromatic ring is 1. The third-order valence-electron chi connectivity index (χ3n) is 2.85. The number of benzene rings is 2. The first-order valence-corrected chi connectivity index (χ1v) is 6.33. The highest BCUT2D eigenvalue weighted by Gasteiger charge is 2.10. The van der Waals surface area contributed by atoms with Gasteiger partial charge in [0.15, 0.2) is 0 Å². The third-order valence-corrected chi connectivity index (χ3v) is 2.85. The summed E-state index contributed by atoms with van der Waals surface area (Å²) < 4.78 is 0. The molecule has 0 saturated carbocycles. The molecule has 0 spiro atoms. The lowest BCUT2D eigenvalue weighted by Gasteiger charge is -2.08. The van der Waals surface area contributed by atoms with Gasteiger partial charge in [0.2, 0.25) is 5.91 Å². The highest BCUT2D eigenvalue weighted by atomic mass is 16.2. The quantitative estimate of drug-likeness (QED) is 0.484. The molecular weight excluding hydrogens is 284 g/mol. The minimum atomic E-state index is -0.640. The van der Waals surface area contributed by atoms with Crippen LogP contribution in [0.25, 0.3) is 0 Å². The molecule has 0 aromatic heterocycles. The molecule has 0 heterocycles. The summed E-state index contributed by atoms with van der Waals surface area (Å²) in [7, 11) is 0. The van der Waals surface area contributed by atoms with Crippen molar-refractivity contribution in [1.29, 1.82) is 0 Å². The fraction of sp³-hybridized carbons (Fsp3) is 0. The van der Waals surface area contributed by atoms with Gasteiger partial charge < -0.3 is 11.5 Å². The summed E-state index contributed by atoms with van der Waals surface area (Å²) in [6.45, 7) is 0. The summed E-state index contributed by atoms with van der Waals surface area (Å²) in [6, 6.07) is 12.2. The Morgan fingerprint density at radius 1 is 0.773 bits per heavy atom. The van der Waals surface area contributed by atoms with Crippen molar-refractivity contribution < 1.29 is 14.4 Å². The molecule has 112 valence electrons. The first-order chi connectivity index (χ1) is 10.5. The van der Waals surface area contributed by atoms with Crippen LogP contribution < -0.4 is 22.3 Å². The lowest BCUT2D eigenvalue weighted by atomic mass is 10.1. The molecule has 7 nitrogen and oxygen atoms in total. The molecule has 0 radical (unpaired) electrons. The highest BCUT2D eigenvalue weighted by molar-refractivity contribution is 6.01. The van der Waals surface area contributed by atoms with E-state index in [4.69, 9.17) is 11.5 Å². The zero-order chi connectivity index (χ0) is 16.1. The number of hydrogen-bond donors (Lipinski definition) is 4. The summed E-state index contributed by atoms with van der Waals surface area (Å²) >= 11 is 0. The molecule has 3 amide bonds. The normalized spacial score (nSPS) is 9.82. The van der Waals surface area contributed by atoms with Crippen molar-refractivity contribution in [2.24, 2.45) is 5.73 Å². The van der Waals surface area contributed by atoms with Gasteiger partial charge in [-0.25, -0.2) is 0 Å². The van der Waals surface area contributed by atoms with Crippen LogP contribution in [0.5, 0.6) is 0 Å². The van der Waals surface area contributed by atoms with Crippen LogP contribution in [0.3, 0.4) is 0 Å². The van der Waals surface area contributed by atoms with Gasteiger partial charge in [0.1, 0.15) is 0 Å². The Morgan fingerprint density at radius 2 is 1.27 bits per heavy atom. The maximum Gasteiger partial charge on any atom is 0.269 e. The molecular formula is C15H14N4O3. The zero-order valence-corrected chi connectivity index (χ0v) is 11.5. The lowest BCUT2D eigenvalue weighted by Crippen LogP contribution is -2.41. The number of carbonyl (C=O) groups excluding carboxylic acids is 3. The van der Waals surface area contributed by atoms with E-state index >= 15 is 0 Å². The van der Waals surface area contributed by atoms with Crippen LogP contribution in [-0.4, -0.2) is 17.7 Å². The Morgan fingerprint density at radius 3 is 1.82 bits per heavy atom. The van der Waals surface area contributed by atoms with Gasteiger partial charge in [0.25, 0.3) is 11.8 Å². The van der Waals surface area contributed by atoms with Crippen molar-refractivity contribution in [2.45, 2.75) is 0 Å². The number of hydrogen-bond acceptors (Lipinski definition) is 4. The minimum absolute atomic E-state index is 0.198. The SMILES string of the molecule is NC(=O)c1cccc(C(=O)NNC(=O)c2cccc(N)c2)c1. The highest BCUT2D eigenvalue weighted by Crippen LogP contribution is 2.06. The molecule has 6 N–H and O–H groups in total. The fourth-order valence-electron chi connectivity index (χ4n) is 1.75. The minimum Gasteiger partial charge on any atom is -0.399 e. The number of amides is 3. The molecule has 0 aliphatic heterocycles. The molecule has 0 fully saturated rings. The number of anilines is 1. The number of nitrogens with two attached hydrogens (primary N) is 2. The Bertz CT molecular complexity index is 743. The van der Waals surface area contributed by atoms with Gasteiger partial charge in [0, 0.05) is 22.4 Å². The van der Waals surface area contributed by atoms with E-state index in [1.807, 2.05) is 0 Å². The number of carbonyl (C=O) groups is 3. The molecule has 0 aliphatic carbocycles. The number of primary amides is 1. The van der Waals surface area contributed by atoms with Gasteiger partial charge in [-0.3, -0.25) is 25.2 Å². The van der Waals surface area contributed by atoms with Crippen LogP contribution in [-0.2, 0) is 0 Å². The Kier molecular flexibility index (Phi) is 4.38. The summed E-state index contributed by atoms with van der Waals surface area (Å²) in [4.78, 5) is 34.8. The van der Waals surface area contributed by atoms with E-state index in [1.165, 1.54) is 30.3 Å². The van der Waals surface area contributed by atoms with Crippen molar-refractivity contribution in [3.63, 3.8) is 0 Å². The van der Waals surface area contributed by atoms with Crippen molar-refractivity contribution in [1.82, 2.24) is 10.9 Å². The smallest absolute Gasteiger partial charge is 0.269 e. The Balaban J connectivity index is 2.02. The standard InChI is InChI=1S/C15H14N4O3/c16-12-6-2-5-11(8-12)15(22)19-18-14(21)10-4-1-3-9(7-10)13(17)20/h1-8H,16H2,(H2,17,20)(H,18,21)(H,19,22). The second kappa shape index (κ2) is 6.40. The van der Waals surface area contributed by atoms with Gasteiger partial charge in [-0.05, 0) is 36.4 Å². The molecule has 2 aromatic carbocycles. The maximum atomic E-state index is 11.9. The number of hydrazine groups is 1. The summed E-state index contributed by atoms with van der Waals surface area (Å²) in [5.41, 5.74) is 16.4. The monoisotopic (exact) mass is 298 g/mol. The molecule has 0 bridgehead atoms. The van der Waals surface area contributed by atoms with E-state index in [2.05, 4.69) is 10.9 Å². The van der Waals surface area contributed by atoms with Crippen LogP contribution in [0.1, 0.15) is 31.1 Å². The van der Waals surface area contributed by atoms with Crippen molar-refractivity contribution >= 4 is 23.4 Å². The van der Waals surface area contributed by atoms with Crippen molar-refractivity contribution in [3.8, 4) is 0 Å². The predicted molar refractivity (Wildman–Crippen MR) is 80.7 cm³/mol. The zero-order valence-electron chi connectivity index (χ0n) is 11.5. The summed E-state index contributed by atoms with van der Waals surface area (Å²) in [5.74, 6) is -1.72. The molecule has 0 aliphatic rings. The third kappa shape index (κ3) is 3.60. The van der Waals surface area contributed by atoms with Crippen LogP contribution in [0.2, 0.25) is 0 Å². The molecule has 22 heavy (non-hydrogen) atoms. The molecule has 2 rings (SSSR count). The average molecular weight is 298 g/mol. The maximum absolute atomic E-state index is 11.9. The topological polar surface area (TPSA) is 127 Å². The number of nitrogens with one attached hydrogen (secondary N) is 2. The molecule has 0 atom stereocenters. The van der Waals surface area contributed by atoms with Gasteiger partial charge >= 0.3 is 0 Å². The van der Waals surface area contributed by atoms with Gasteiger partial charge in [-0.15, -0.1) is 0 Å². The van der Waals surface area contributed by atoms with E-state index < -0.39 is 17.7 Å². The van der Waals surface area contributed by atoms with Gasteiger partial charge in [0.05, 0.1) is 0 Å². The van der Waals surface area contributed by atoms with E-state index in [0.29, 0.717) is 11.3 Å². The molecule has 0 saturated heterocycles. The van der Waals surface area contributed by atoms with Gasteiger partial charge in [-0.1, -0.05) is 12.1 Å². The van der Waals surface area contributed by atoms with E-state index in [0.717, 1.165) is 0 Å². The first-order valence-electron chi connectivity index (χ1n) is 6.33. The summed E-state index contributed by atoms with van der Waals surface area (Å²) in [6.07, 6.45) is 0. The van der Waals surface area contributed by atoms with Crippen LogP contribution >= 0.6 is 0 Å². The summed E-state index contributed by atoms with van der Waals surface area (Å²) in [5, 5.41) is 0. The molecule has 2 aromatic rings. The van der Waals surface area contributed by atoms with Gasteiger partial charge in [-0.2, -0.15) is 0 Å². The number of rotatable bonds is 3. The van der Waals surface area contributed by atoms with Crippen molar-refractivity contribution in [2.75, 3.05) is 5.73 Å². The van der Waals surface area contributed by atoms with Crippen LogP contribution in [0, 0.1) is 0 Å². The average Bonchev–Trinajstić information content (AvgIpc) is 2.52. The largest absolute Gasteiger partial charge is 0.399 e. The Labute approximate surface area is 126 Å². The van der Waals surface area contributed by atoms with Crippen molar-refractivity contribution in [3.05, 3.63) is 65.2 Å². The van der Waals surface area contributed by atoms with E-state index in [-0.39, 0.29) is 11.1 Å². The van der Waals surface area contributed by atoms with Crippen LogP contribution in [0.4, 0.5) is 5.69 Å². The first kappa shape index (κ1) is 15.0. The molecule has 0 unspecified atom stereocenters. The predicted octanol–water partition coefficient (Wildman–Crippen LogP) is 0.442. The Hall–Kier alpha value is -3.35. The molecule has 7 heteroatoms. The van der Waals surface area contributed by atoms with Crippen LogP contribution in [0.15, 0.2) is 48.5 Å². The second-order valence-electron chi connectivity index (χ2n) is 4.48. The fourth-order valence-corrected chi connectivity index (χ4v) is 1.75. The van der Waals surface area contributed by atoms with E-state index in [1.54, 1.807) is 18.2 Å². The lowest BCUT2D eigenvalue weighted by molar-refractivity contribution is 0.0846. The second-order valence-corrected chi connectivity index (χ2v) is 4.48.